The Balaban J connectivity index is 1.58. The molecule has 9 heteroatoms. The summed E-state index contributed by atoms with van der Waals surface area (Å²) >= 11 is 0. The van der Waals surface area contributed by atoms with Gasteiger partial charge in [-0.2, -0.15) is 0 Å². The second kappa shape index (κ2) is 9.75. The zero-order valence-corrected chi connectivity index (χ0v) is 23.6. The number of allylic oxidation sites excluding steroid dienone is 2. The van der Waals surface area contributed by atoms with Crippen molar-refractivity contribution in [2.45, 2.75) is 39.0 Å². The first-order valence-electron chi connectivity index (χ1n) is 14.1. The van der Waals surface area contributed by atoms with E-state index in [1.165, 1.54) is 36.2 Å². The largest absolute Gasteiger partial charge is 0.508 e. The van der Waals surface area contributed by atoms with Crippen molar-refractivity contribution in [1.82, 2.24) is 4.90 Å². The molecule has 214 valence electrons. The molecule has 0 aromatic heterocycles. The first-order valence-corrected chi connectivity index (χ1v) is 14.1. The normalized spacial score (nSPS) is 30.6. The Morgan fingerprint density at radius 2 is 1.61 bits per heavy atom. The number of methoxy groups -OCH3 is 2. The molecule has 4 aliphatic rings. The summed E-state index contributed by atoms with van der Waals surface area (Å²) in [6.07, 6.45) is 3.29. The molecule has 41 heavy (non-hydrogen) atoms. The minimum absolute atomic E-state index is 0.0688. The number of carbonyl (C=O) groups is 4. The lowest BCUT2D eigenvalue weighted by molar-refractivity contribution is -0.140. The Hall–Kier alpha value is -4.14. The first-order chi connectivity index (χ1) is 19.7. The summed E-state index contributed by atoms with van der Waals surface area (Å²) in [5.41, 5.74) is 0.613. The number of para-hydroxylation sites is 1. The number of fused-ring (bicyclic) bond motifs is 4. The number of rotatable bonds is 6. The van der Waals surface area contributed by atoms with E-state index >= 15 is 0 Å². The number of hydrogen-bond acceptors (Lipinski definition) is 7. The second-order valence-corrected chi connectivity index (χ2v) is 11.6. The van der Waals surface area contributed by atoms with Crippen molar-refractivity contribution in [1.29, 1.82) is 0 Å². The van der Waals surface area contributed by atoms with Crippen LogP contribution in [0.25, 0.3) is 0 Å². The summed E-state index contributed by atoms with van der Waals surface area (Å²) in [6, 6.07) is 11.8. The van der Waals surface area contributed by atoms with Crippen LogP contribution in [0, 0.1) is 29.1 Å². The van der Waals surface area contributed by atoms with Crippen molar-refractivity contribution in [3.8, 4) is 17.2 Å². The van der Waals surface area contributed by atoms with Gasteiger partial charge in [-0.25, -0.2) is 4.90 Å². The molecule has 3 fully saturated rings. The maximum atomic E-state index is 14.5. The SMILES string of the molecule is CCCN1C(=O)[C@H]2[C@H](CC=C3[C@H]2C[C@H]2C(=O)N(c4ccccc4)C(=O)[C@@]2(C)[C@H]3c2c(OC)cc(O)cc2OC)C1=O. The third kappa shape index (κ3) is 3.67. The van der Waals surface area contributed by atoms with Crippen LogP contribution in [0.3, 0.4) is 0 Å². The highest BCUT2D eigenvalue weighted by atomic mass is 16.5. The van der Waals surface area contributed by atoms with Crippen LogP contribution in [0.4, 0.5) is 5.69 Å². The molecule has 4 amide bonds. The van der Waals surface area contributed by atoms with E-state index in [4.69, 9.17) is 9.47 Å². The second-order valence-electron chi connectivity index (χ2n) is 11.6. The molecule has 6 rings (SSSR count). The van der Waals surface area contributed by atoms with Gasteiger partial charge in [-0.15, -0.1) is 0 Å². The molecule has 0 spiro atoms. The fraction of sp³-hybridized carbons (Fsp3) is 0.438. The average Bonchev–Trinajstić information content (AvgIpc) is 3.33. The van der Waals surface area contributed by atoms with E-state index < -0.39 is 35.0 Å². The molecule has 0 radical (unpaired) electrons. The molecule has 2 aromatic carbocycles. The standard InChI is InChI=1S/C32H34N2O7/c1-5-13-33-28(36)20-12-11-19-21(25(20)30(33)38)16-22-29(37)34(17-9-7-6-8-10-17)31(39)32(22,2)27(19)26-23(40-3)14-18(35)15-24(26)41-4/h6-11,14-15,20-22,25,27,35H,5,12-13,16H2,1-4H3/t20-,21+,22-,25-,27+,32+/m0/s1. The maximum Gasteiger partial charge on any atom is 0.241 e. The number of hydrogen-bond donors (Lipinski definition) is 1. The summed E-state index contributed by atoms with van der Waals surface area (Å²) in [7, 11) is 2.95. The van der Waals surface area contributed by atoms with E-state index in [0.717, 1.165) is 5.57 Å². The third-order valence-electron chi connectivity index (χ3n) is 9.64. The fourth-order valence-corrected chi connectivity index (χ4v) is 7.87. The van der Waals surface area contributed by atoms with Crippen molar-refractivity contribution in [2.75, 3.05) is 25.7 Å². The molecule has 9 nitrogen and oxygen atoms in total. The van der Waals surface area contributed by atoms with Gasteiger partial charge in [-0.05, 0) is 44.2 Å². The van der Waals surface area contributed by atoms with E-state index in [1.54, 1.807) is 24.3 Å². The molecule has 2 aliphatic carbocycles. The van der Waals surface area contributed by atoms with Gasteiger partial charge >= 0.3 is 0 Å². The van der Waals surface area contributed by atoms with Gasteiger partial charge in [0.25, 0.3) is 0 Å². The third-order valence-corrected chi connectivity index (χ3v) is 9.64. The molecule has 1 N–H and O–H groups in total. The highest BCUT2D eigenvalue weighted by Gasteiger charge is 2.68. The minimum Gasteiger partial charge on any atom is -0.508 e. The smallest absolute Gasteiger partial charge is 0.241 e. The van der Waals surface area contributed by atoms with Gasteiger partial charge in [-0.3, -0.25) is 24.1 Å². The number of phenolic OH excluding ortho intramolecular Hbond substituents is 1. The van der Waals surface area contributed by atoms with Crippen LogP contribution in [-0.2, 0) is 19.2 Å². The maximum absolute atomic E-state index is 14.5. The lowest BCUT2D eigenvalue weighted by Crippen LogP contribution is -2.49. The van der Waals surface area contributed by atoms with Crippen molar-refractivity contribution < 1.29 is 33.8 Å². The Morgan fingerprint density at radius 1 is 0.951 bits per heavy atom. The first kappa shape index (κ1) is 27.1. The van der Waals surface area contributed by atoms with Crippen LogP contribution in [0.5, 0.6) is 17.2 Å². The number of imide groups is 2. The highest BCUT2D eigenvalue weighted by molar-refractivity contribution is 6.24. The quantitative estimate of drug-likeness (QED) is 0.420. The molecular weight excluding hydrogens is 524 g/mol. The monoisotopic (exact) mass is 558 g/mol. The number of likely N-dealkylation sites (tertiary alicyclic amines) is 1. The number of nitrogens with zero attached hydrogens (tertiary/aromatic N) is 2. The van der Waals surface area contributed by atoms with Crippen LogP contribution >= 0.6 is 0 Å². The highest BCUT2D eigenvalue weighted by Crippen LogP contribution is 2.65. The number of benzene rings is 2. The van der Waals surface area contributed by atoms with Crippen LogP contribution in [0.1, 0.15) is 44.6 Å². The lowest BCUT2D eigenvalue weighted by Gasteiger charge is -2.49. The van der Waals surface area contributed by atoms with E-state index in [9.17, 15) is 24.3 Å². The molecule has 1 saturated carbocycles. The van der Waals surface area contributed by atoms with Gasteiger partial charge in [0, 0.05) is 30.2 Å². The summed E-state index contributed by atoms with van der Waals surface area (Å²) in [5.74, 6) is -3.46. The van der Waals surface area contributed by atoms with Crippen molar-refractivity contribution in [2.24, 2.45) is 29.1 Å². The van der Waals surface area contributed by atoms with Crippen LogP contribution in [0.15, 0.2) is 54.1 Å². The Kier molecular flexibility index (Phi) is 6.43. The van der Waals surface area contributed by atoms with Gasteiger partial charge in [-0.1, -0.05) is 36.8 Å². The Bertz CT molecular complexity index is 1460. The Labute approximate surface area is 238 Å². The van der Waals surface area contributed by atoms with E-state index in [1.807, 2.05) is 26.0 Å². The zero-order valence-electron chi connectivity index (χ0n) is 23.6. The molecule has 6 atom stereocenters. The number of phenols is 1. The predicted molar refractivity (Wildman–Crippen MR) is 149 cm³/mol. The predicted octanol–water partition coefficient (Wildman–Crippen LogP) is 4.05. The molecule has 2 saturated heterocycles. The van der Waals surface area contributed by atoms with E-state index in [-0.39, 0.29) is 35.8 Å². The average molecular weight is 559 g/mol. The number of aromatic hydroxyl groups is 1. The van der Waals surface area contributed by atoms with Crippen molar-refractivity contribution in [3.05, 3.63) is 59.7 Å². The van der Waals surface area contributed by atoms with Crippen LogP contribution < -0.4 is 14.4 Å². The van der Waals surface area contributed by atoms with Crippen molar-refractivity contribution >= 4 is 29.3 Å². The number of amides is 4. The summed E-state index contributed by atoms with van der Waals surface area (Å²) in [5, 5.41) is 10.4. The number of anilines is 1. The van der Waals surface area contributed by atoms with Gasteiger partial charge in [0.05, 0.1) is 43.1 Å². The van der Waals surface area contributed by atoms with Crippen LogP contribution in [-0.4, -0.2) is 54.4 Å². The van der Waals surface area contributed by atoms with Gasteiger partial charge < -0.3 is 14.6 Å². The fourth-order valence-electron chi connectivity index (χ4n) is 7.87. The number of ether oxygens (including phenoxy) is 2. The van der Waals surface area contributed by atoms with Gasteiger partial charge in [0.2, 0.25) is 23.6 Å². The topological polar surface area (TPSA) is 113 Å². The molecule has 2 aromatic rings. The van der Waals surface area contributed by atoms with Crippen molar-refractivity contribution in [3.63, 3.8) is 0 Å². The molecule has 2 heterocycles. The van der Waals surface area contributed by atoms with Gasteiger partial charge in [0.1, 0.15) is 17.2 Å². The Morgan fingerprint density at radius 3 is 2.22 bits per heavy atom. The van der Waals surface area contributed by atoms with Crippen LogP contribution in [0.2, 0.25) is 0 Å². The minimum atomic E-state index is -1.24. The molecular formula is C32H34N2O7. The molecule has 0 unspecified atom stereocenters. The summed E-state index contributed by atoms with van der Waals surface area (Å²) in [4.78, 5) is 58.4. The van der Waals surface area contributed by atoms with E-state index in [2.05, 4.69) is 0 Å². The summed E-state index contributed by atoms with van der Waals surface area (Å²) < 4.78 is 11.5. The molecule has 2 aliphatic heterocycles. The number of carbonyl (C=O) groups excluding carboxylic acids is 4. The molecule has 0 bridgehead atoms. The van der Waals surface area contributed by atoms with Gasteiger partial charge in [0.15, 0.2) is 0 Å². The summed E-state index contributed by atoms with van der Waals surface area (Å²) in [6.45, 7) is 4.10. The van der Waals surface area contributed by atoms with E-state index in [0.29, 0.717) is 42.1 Å². The lowest BCUT2D eigenvalue weighted by atomic mass is 9.51. The zero-order chi connectivity index (χ0) is 29.2.